The second kappa shape index (κ2) is 2.34. The Kier molecular flexibility index (Phi) is 1.46. The van der Waals surface area contributed by atoms with E-state index >= 15 is 0 Å². The Morgan fingerprint density at radius 3 is 3.27 bits per heavy atom. The molecule has 1 aromatic heterocycles. The lowest BCUT2D eigenvalue weighted by atomic mass is 10.2. The quantitative estimate of drug-likeness (QED) is 0.584. The predicted octanol–water partition coefficient (Wildman–Crippen LogP) is 1.56. The van der Waals surface area contributed by atoms with Crippen molar-refractivity contribution in [3.05, 3.63) is 23.5 Å². The Balaban J connectivity index is 2.51. The van der Waals surface area contributed by atoms with Crippen LogP contribution < -0.4 is 0 Å². The van der Waals surface area contributed by atoms with Crippen LogP contribution in [0.4, 0.5) is 0 Å². The minimum atomic E-state index is 0.207. The van der Waals surface area contributed by atoms with E-state index in [2.05, 4.69) is 4.98 Å². The number of carbonyl (C=O) groups is 1. The third-order valence-corrected chi connectivity index (χ3v) is 2.55. The molecule has 0 saturated heterocycles. The monoisotopic (exact) mass is 165 g/mol. The largest absolute Gasteiger partial charge is 0.286 e. The molecule has 0 bridgehead atoms. The van der Waals surface area contributed by atoms with Crippen molar-refractivity contribution in [3.8, 4) is 0 Å². The Morgan fingerprint density at radius 2 is 2.45 bits per heavy atom. The maximum absolute atomic E-state index is 10.9. The van der Waals surface area contributed by atoms with Crippen LogP contribution in [-0.2, 0) is 11.2 Å². The van der Waals surface area contributed by atoms with Crippen LogP contribution in [0.1, 0.15) is 11.3 Å². The van der Waals surface area contributed by atoms with Gasteiger partial charge in [-0.1, -0.05) is 0 Å². The average molecular weight is 165 g/mol. The fourth-order valence-corrected chi connectivity index (χ4v) is 2.03. The SMILES string of the molecule is Cc1cnc2c(c1)SC(=O)C2. The molecule has 0 N–H and O–H groups in total. The summed E-state index contributed by atoms with van der Waals surface area (Å²) in [4.78, 5) is 16.1. The second-order valence-corrected chi connectivity index (χ2v) is 3.71. The van der Waals surface area contributed by atoms with Crippen LogP contribution in [0.3, 0.4) is 0 Å². The van der Waals surface area contributed by atoms with Crippen molar-refractivity contribution in [3.63, 3.8) is 0 Å². The molecule has 2 nitrogen and oxygen atoms in total. The number of rotatable bonds is 0. The zero-order valence-corrected chi connectivity index (χ0v) is 6.94. The molecule has 1 aliphatic heterocycles. The first-order chi connectivity index (χ1) is 5.25. The lowest BCUT2D eigenvalue weighted by Gasteiger charge is -1.95. The van der Waals surface area contributed by atoms with Crippen LogP contribution in [0.5, 0.6) is 0 Å². The topological polar surface area (TPSA) is 30.0 Å². The summed E-state index contributed by atoms with van der Waals surface area (Å²) in [6, 6.07) is 2.01. The maximum atomic E-state index is 10.9. The Labute approximate surface area is 69.0 Å². The lowest BCUT2D eigenvalue weighted by Crippen LogP contribution is -1.90. The zero-order valence-electron chi connectivity index (χ0n) is 6.13. The number of pyridine rings is 1. The number of aryl methyl sites for hydroxylation is 1. The van der Waals surface area contributed by atoms with Crippen molar-refractivity contribution >= 4 is 16.9 Å². The van der Waals surface area contributed by atoms with E-state index in [0.717, 1.165) is 16.2 Å². The van der Waals surface area contributed by atoms with E-state index in [4.69, 9.17) is 0 Å². The Hall–Kier alpha value is -0.830. The summed E-state index contributed by atoms with van der Waals surface area (Å²) in [5.74, 6) is 0. The van der Waals surface area contributed by atoms with Gasteiger partial charge in [0.1, 0.15) is 0 Å². The van der Waals surface area contributed by atoms with Crippen LogP contribution in [0.25, 0.3) is 0 Å². The summed E-state index contributed by atoms with van der Waals surface area (Å²) in [6.45, 7) is 1.98. The van der Waals surface area contributed by atoms with Crippen LogP contribution in [0.2, 0.25) is 0 Å². The smallest absolute Gasteiger partial charge is 0.199 e. The normalized spacial score (nSPS) is 15.2. The fraction of sp³-hybridized carbons (Fsp3) is 0.250. The number of fused-ring (bicyclic) bond motifs is 1. The molecular formula is C8H7NOS. The molecular weight excluding hydrogens is 158 g/mol. The van der Waals surface area contributed by atoms with Crippen molar-refractivity contribution in [2.45, 2.75) is 18.2 Å². The molecule has 2 heterocycles. The molecule has 0 radical (unpaired) electrons. The molecule has 1 aliphatic rings. The number of thioether (sulfide) groups is 1. The van der Waals surface area contributed by atoms with Gasteiger partial charge in [-0.2, -0.15) is 0 Å². The van der Waals surface area contributed by atoms with Crippen molar-refractivity contribution in [1.29, 1.82) is 0 Å². The van der Waals surface area contributed by atoms with Crippen LogP contribution >= 0.6 is 11.8 Å². The summed E-state index contributed by atoms with van der Waals surface area (Å²) >= 11 is 1.30. The van der Waals surface area contributed by atoms with Gasteiger partial charge in [0.2, 0.25) is 0 Å². The van der Waals surface area contributed by atoms with E-state index in [9.17, 15) is 4.79 Å². The minimum Gasteiger partial charge on any atom is -0.286 e. The molecule has 0 amide bonds. The van der Waals surface area contributed by atoms with Crippen LogP contribution in [0, 0.1) is 6.92 Å². The molecule has 0 spiro atoms. The van der Waals surface area contributed by atoms with Gasteiger partial charge in [-0.25, -0.2) is 0 Å². The highest BCUT2D eigenvalue weighted by Gasteiger charge is 2.19. The summed E-state index contributed by atoms with van der Waals surface area (Å²) in [5, 5.41) is 0.207. The molecule has 3 heteroatoms. The first kappa shape index (κ1) is 6.85. The number of hydrogen-bond acceptors (Lipinski definition) is 3. The van der Waals surface area contributed by atoms with Crippen LogP contribution in [0.15, 0.2) is 17.2 Å². The summed E-state index contributed by atoms with van der Waals surface area (Å²) in [7, 11) is 0. The van der Waals surface area contributed by atoms with E-state index in [0.29, 0.717) is 6.42 Å². The molecule has 1 aromatic rings. The molecule has 0 unspecified atom stereocenters. The van der Waals surface area contributed by atoms with Crippen LogP contribution in [-0.4, -0.2) is 10.1 Å². The van der Waals surface area contributed by atoms with Gasteiger partial charge in [-0.05, 0) is 30.3 Å². The van der Waals surface area contributed by atoms with Gasteiger partial charge in [0.15, 0.2) is 5.12 Å². The third kappa shape index (κ3) is 1.16. The molecule has 11 heavy (non-hydrogen) atoms. The van der Waals surface area contributed by atoms with Crippen molar-refractivity contribution in [1.82, 2.24) is 4.98 Å². The third-order valence-electron chi connectivity index (χ3n) is 1.60. The average Bonchev–Trinajstić information content (AvgIpc) is 2.27. The fourth-order valence-electron chi connectivity index (χ4n) is 1.09. The zero-order chi connectivity index (χ0) is 7.84. The van der Waals surface area contributed by atoms with Gasteiger partial charge >= 0.3 is 0 Å². The first-order valence-corrected chi connectivity index (χ1v) is 4.23. The first-order valence-electron chi connectivity index (χ1n) is 3.42. The number of hydrogen-bond donors (Lipinski definition) is 0. The highest BCUT2D eigenvalue weighted by atomic mass is 32.2. The number of aromatic nitrogens is 1. The van der Waals surface area contributed by atoms with Gasteiger partial charge in [0.05, 0.1) is 12.1 Å². The molecule has 0 atom stereocenters. The van der Waals surface area contributed by atoms with Crippen molar-refractivity contribution in [2.75, 3.05) is 0 Å². The molecule has 0 fully saturated rings. The Bertz CT molecular complexity index is 322. The van der Waals surface area contributed by atoms with Crippen molar-refractivity contribution in [2.24, 2.45) is 0 Å². The van der Waals surface area contributed by atoms with E-state index < -0.39 is 0 Å². The van der Waals surface area contributed by atoms with Gasteiger partial charge in [0.25, 0.3) is 0 Å². The summed E-state index contributed by atoms with van der Waals surface area (Å²) < 4.78 is 0. The summed E-state index contributed by atoms with van der Waals surface area (Å²) in [6.07, 6.45) is 2.30. The predicted molar refractivity (Wildman–Crippen MR) is 43.5 cm³/mol. The molecule has 56 valence electrons. The van der Waals surface area contributed by atoms with E-state index in [1.807, 2.05) is 13.0 Å². The van der Waals surface area contributed by atoms with Gasteiger partial charge in [-0.15, -0.1) is 0 Å². The lowest BCUT2D eigenvalue weighted by molar-refractivity contribution is -0.110. The second-order valence-electron chi connectivity index (χ2n) is 2.61. The Morgan fingerprint density at radius 1 is 1.64 bits per heavy atom. The van der Waals surface area contributed by atoms with Crippen molar-refractivity contribution < 1.29 is 4.79 Å². The van der Waals surface area contributed by atoms with Gasteiger partial charge in [0, 0.05) is 11.1 Å². The van der Waals surface area contributed by atoms with E-state index in [1.54, 1.807) is 6.20 Å². The molecule has 0 aromatic carbocycles. The van der Waals surface area contributed by atoms with E-state index in [1.165, 1.54) is 11.8 Å². The maximum Gasteiger partial charge on any atom is 0.199 e. The number of carbonyl (C=O) groups excluding carboxylic acids is 1. The molecule has 2 rings (SSSR count). The molecule has 0 saturated carbocycles. The van der Waals surface area contributed by atoms with E-state index in [-0.39, 0.29) is 5.12 Å². The van der Waals surface area contributed by atoms with Gasteiger partial charge < -0.3 is 0 Å². The number of nitrogens with zero attached hydrogens (tertiary/aromatic N) is 1. The van der Waals surface area contributed by atoms with Gasteiger partial charge in [-0.3, -0.25) is 9.78 Å². The molecule has 0 aliphatic carbocycles. The minimum absolute atomic E-state index is 0.207. The highest BCUT2D eigenvalue weighted by molar-refractivity contribution is 8.14. The standard InChI is InChI=1S/C8H7NOS/c1-5-2-7-6(9-4-5)3-8(10)11-7/h2,4H,3H2,1H3. The summed E-state index contributed by atoms with van der Waals surface area (Å²) in [5.41, 5.74) is 2.05. The highest BCUT2D eigenvalue weighted by Crippen LogP contribution is 2.31.